The molecule has 1 amide bonds. The number of carbonyl (C=O) groups excluding carboxylic acids is 1. The van der Waals surface area contributed by atoms with Crippen LogP contribution in [0.2, 0.25) is 0 Å². The third kappa shape index (κ3) is 9.74. The standard InChI is InChI=1S/C18H19NO17S4/c20-18(4-1-12-7-14(33-37(21,22)23)2-3-15(12)34-38(24,25)26)19-6-5-11-8-16(35-39(27,28)29)17(9-13(11)10-19)36-40(30,31)32/h2-3,7-9H,1,4-6,10H2,(H,21,22,23)(H,24,25,26)(H,27,28,29)(H,30,31,32). The lowest BCUT2D eigenvalue weighted by Gasteiger charge is -2.29. The van der Waals surface area contributed by atoms with Gasteiger partial charge in [0, 0.05) is 25.1 Å². The molecule has 0 aliphatic carbocycles. The minimum Gasteiger partial charge on any atom is -0.362 e. The van der Waals surface area contributed by atoms with E-state index in [0.717, 1.165) is 30.3 Å². The molecule has 3 rings (SSSR count). The SMILES string of the molecule is O=C(CCc1cc(OS(=O)(=O)O)ccc1OS(=O)(=O)O)N1CCc2cc(OS(=O)(=O)O)c(OS(=O)(=O)O)cc2C1. The van der Waals surface area contributed by atoms with Crippen molar-refractivity contribution in [2.75, 3.05) is 6.54 Å². The van der Waals surface area contributed by atoms with Crippen molar-refractivity contribution in [3.63, 3.8) is 0 Å². The smallest absolute Gasteiger partial charge is 0.362 e. The number of rotatable bonds is 11. The van der Waals surface area contributed by atoms with Crippen LogP contribution >= 0.6 is 0 Å². The summed E-state index contributed by atoms with van der Waals surface area (Å²) >= 11 is 0. The number of fused-ring (bicyclic) bond motifs is 1. The van der Waals surface area contributed by atoms with E-state index in [4.69, 9.17) is 18.2 Å². The van der Waals surface area contributed by atoms with Crippen LogP contribution in [0.5, 0.6) is 23.0 Å². The lowest BCUT2D eigenvalue weighted by molar-refractivity contribution is -0.132. The number of hydrogen-bond acceptors (Lipinski definition) is 13. The Balaban J connectivity index is 1.83. The number of nitrogens with zero attached hydrogens (tertiary/aromatic N) is 1. The minimum absolute atomic E-state index is 0.0515. The Labute approximate surface area is 227 Å². The molecule has 2 aromatic carbocycles. The van der Waals surface area contributed by atoms with Crippen LogP contribution in [-0.4, -0.2) is 69.2 Å². The van der Waals surface area contributed by atoms with Gasteiger partial charge in [0.25, 0.3) is 0 Å². The fraction of sp³-hybridized carbons (Fsp3) is 0.278. The summed E-state index contributed by atoms with van der Waals surface area (Å²) in [6, 6.07) is 4.77. The normalized spacial score (nSPS) is 14.2. The van der Waals surface area contributed by atoms with Gasteiger partial charge in [-0.25, -0.2) is 0 Å². The Hall–Kier alpha value is -3.25. The molecule has 18 nitrogen and oxygen atoms in total. The van der Waals surface area contributed by atoms with Crippen LogP contribution in [0.1, 0.15) is 23.1 Å². The molecule has 0 bridgehead atoms. The fourth-order valence-corrected chi connectivity index (χ4v) is 5.10. The predicted molar refractivity (Wildman–Crippen MR) is 129 cm³/mol. The molecule has 1 aliphatic rings. The van der Waals surface area contributed by atoms with Gasteiger partial charge in [0.15, 0.2) is 11.5 Å². The summed E-state index contributed by atoms with van der Waals surface area (Å²) < 4.78 is 142. The topological polar surface area (TPSA) is 275 Å². The zero-order chi connectivity index (χ0) is 30.1. The minimum atomic E-state index is -5.16. The summed E-state index contributed by atoms with van der Waals surface area (Å²) in [5.74, 6) is -3.05. The van der Waals surface area contributed by atoms with Gasteiger partial charge in [-0.1, -0.05) is 0 Å². The molecular weight excluding hydrogens is 630 g/mol. The molecule has 4 N–H and O–H groups in total. The molecule has 0 radical (unpaired) electrons. The van der Waals surface area contributed by atoms with Crippen molar-refractivity contribution in [3.05, 3.63) is 47.0 Å². The molecule has 0 saturated heterocycles. The number of aryl methyl sites for hydroxylation is 1. The van der Waals surface area contributed by atoms with E-state index in [0.29, 0.717) is 5.56 Å². The zero-order valence-electron chi connectivity index (χ0n) is 19.6. The first kappa shape index (κ1) is 31.3. The van der Waals surface area contributed by atoms with Crippen molar-refractivity contribution >= 4 is 47.5 Å². The zero-order valence-corrected chi connectivity index (χ0v) is 22.9. The Morgan fingerprint density at radius 1 is 0.700 bits per heavy atom. The molecule has 2 aromatic rings. The molecule has 1 heterocycles. The third-order valence-electron chi connectivity index (χ3n) is 5.06. The van der Waals surface area contributed by atoms with Crippen LogP contribution in [0.4, 0.5) is 0 Å². The van der Waals surface area contributed by atoms with E-state index in [9.17, 15) is 38.5 Å². The largest absolute Gasteiger partial charge is 0.446 e. The molecule has 1 aliphatic heterocycles. The molecule has 0 fully saturated rings. The van der Waals surface area contributed by atoms with Crippen molar-refractivity contribution in [2.24, 2.45) is 0 Å². The van der Waals surface area contributed by atoms with Gasteiger partial charge in [-0.05, 0) is 54.3 Å². The first-order chi connectivity index (χ1) is 18.2. The fourth-order valence-electron chi connectivity index (χ4n) is 3.65. The van der Waals surface area contributed by atoms with Gasteiger partial charge in [-0.3, -0.25) is 23.0 Å². The van der Waals surface area contributed by atoms with Crippen LogP contribution in [0.15, 0.2) is 30.3 Å². The number of carbonyl (C=O) groups is 1. The van der Waals surface area contributed by atoms with E-state index in [1.807, 2.05) is 0 Å². The highest BCUT2D eigenvalue weighted by Gasteiger charge is 2.26. The van der Waals surface area contributed by atoms with E-state index in [-0.39, 0.29) is 43.5 Å². The maximum absolute atomic E-state index is 12.9. The highest BCUT2D eigenvalue weighted by Crippen LogP contribution is 2.35. The quantitative estimate of drug-likeness (QED) is 0.232. The average Bonchev–Trinajstić information content (AvgIpc) is 2.75. The first-order valence-corrected chi connectivity index (χ1v) is 15.9. The van der Waals surface area contributed by atoms with Gasteiger partial charge in [0.05, 0.1) is 0 Å². The number of amides is 1. The Bertz CT molecular complexity index is 1750. The van der Waals surface area contributed by atoms with Crippen LogP contribution in [0.3, 0.4) is 0 Å². The lowest BCUT2D eigenvalue weighted by Crippen LogP contribution is -2.36. The van der Waals surface area contributed by atoms with Gasteiger partial charge in [-0.2, -0.15) is 33.7 Å². The Kier molecular flexibility index (Phi) is 8.85. The monoisotopic (exact) mass is 649 g/mol. The van der Waals surface area contributed by atoms with E-state index in [2.05, 4.69) is 16.7 Å². The Morgan fingerprint density at radius 3 is 1.73 bits per heavy atom. The number of benzene rings is 2. The van der Waals surface area contributed by atoms with E-state index in [1.165, 1.54) is 4.90 Å². The van der Waals surface area contributed by atoms with Gasteiger partial charge >= 0.3 is 41.6 Å². The van der Waals surface area contributed by atoms with Crippen molar-refractivity contribution in [3.8, 4) is 23.0 Å². The molecule has 0 aromatic heterocycles. The highest BCUT2D eigenvalue weighted by molar-refractivity contribution is 7.82. The van der Waals surface area contributed by atoms with E-state index in [1.54, 1.807) is 0 Å². The predicted octanol–water partition coefficient (Wildman–Crippen LogP) is -0.0695. The second-order valence-corrected chi connectivity index (χ2v) is 12.0. The van der Waals surface area contributed by atoms with Crippen molar-refractivity contribution < 1.29 is 73.4 Å². The summed E-state index contributed by atoms with van der Waals surface area (Å²) in [5, 5.41) is 0. The second kappa shape index (κ2) is 11.3. The van der Waals surface area contributed by atoms with Crippen LogP contribution in [0, 0.1) is 0 Å². The van der Waals surface area contributed by atoms with Gasteiger partial charge in [0.2, 0.25) is 5.91 Å². The average molecular weight is 650 g/mol. The summed E-state index contributed by atoms with van der Waals surface area (Å²) in [7, 11) is -20.2. The third-order valence-corrected chi connectivity index (χ3v) is 6.63. The molecule has 0 saturated carbocycles. The molecule has 0 atom stereocenters. The van der Waals surface area contributed by atoms with Crippen molar-refractivity contribution in [1.29, 1.82) is 0 Å². The van der Waals surface area contributed by atoms with Crippen LogP contribution in [-0.2, 0) is 65.8 Å². The number of hydrogen-bond donors (Lipinski definition) is 4. The first-order valence-electron chi connectivity index (χ1n) is 10.4. The molecular formula is C18H19NO17S4. The van der Waals surface area contributed by atoms with Gasteiger partial charge in [-0.15, -0.1) is 0 Å². The molecule has 0 unspecified atom stereocenters. The van der Waals surface area contributed by atoms with Crippen molar-refractivity contribution in [2.45, 2.75) is 25.8 Å². The Morgan fingerprint density at radius 2 is 1.20 bits per heavy atom. The van der Waals surface area contributed by atoms with E-state index < -0.39 is 70.5 Å². The molecule has 0 spiro atoms. The van der Waals surface area contributed by atoms with Crippen molar-refractivity contribution in [1.82, 2.24) is 4.90 Å². The lowest BCUT2D eigenvalue weighted by atomic mass is 9.98. The summed E-state index contributed by atoms with van der Waals surface area (Å²) in [6.45, 7) is -0.127. The van der Waals surface area contributed by atoms with Gasteiger partial charge in [0.1, 0.15) is 11.5 Å². The maximum atomic E-state index is 12.9. The highest BCUT2D eigenvalue weighted by atomic mass is 32.3. The summed E-state index contributed by atoms with van der Waals surface area (Å²) in [5.41, 5.74) is 0.518. The summed E-state index contributed by atoms with van der Waals surface area (Å²) in [4.78, 5) is 14.2. The van der Waals surface area contributed by atoms with E-state index >= 15 is 0 Å². The molecule has 40 heavy (non-hydrogen) atoms. The van der Waals surface area contributed by atoms with Gasteiger partial charge < -0.3 is 21.6 Å². The second-order valence-electron chi connectivity index (χ2n) is 7.95. The molecule has 22 heteroatoms. The summed E-state index contributed by atoms with van der Waals surface area (Å²) in [6.07, 6.45) is -0.539. The molecule has 222 valence electrons. The van der Waals surface area contributed by atoms with Crippen LogP contribution in [0.25, 0.3) is 0 Å². The maximum Gasteiger partial charge on any atom is 0.446 e. The van der Waals surface area contributed by atoms with Crippen LogP contribution < -0.4 is 16.7 Å².